The summed E-state index contributed by atoms with van der Waals surface area (Å²) in [4.78, 5) is 42.4. The smallest absolute Gasteiger partial charge is 0.0742 e. The Labute approximate surface area is 325 Å². The van der Waals surface area contributed by atoms with E-state index in [1.807, 2.05) is 0 Å². The molecule has 4 rings (SSSR count). The molecule has 4 aromatic carbocycles. The maximum atomic E-state index is 10.6. The second-order valence-electron chi connectivity index (χ2n) is 11.1. The zero-order valence-corrected chi connectivity index (χ0v) is 31.3. The van der Waals surface area contributed by atoms with E-state index >= 15 is 0 Å². The summed E-state index contributed by atoms with van der Waals surface area (Å²) in [5.41, 5.74) is 18.6. The minimum absolute atomic E-state index is 0. The Morgan fingerprint density at radius 2 is 0.482 bits per heavy atom. The van der Waals surface area contributed by atoms with Gasteiger partial charge in [-0.1, -0.05) is 121 Å². The van der Waals surface area contributed by atoms with Crippen molar-refractivity contribution in [3.63, 3.8) is 0 Å². The lowest BCUT2D eigenvalue weighted by molar-refractivity contribution is -0.384. The van der Waals surface area contributed by atoms with Gasteiger partial charge in [0, 0.05) is 25.7 Å². The maximum Gasteiger partial charge on any atom is 0.0742 e. The third kappa shape index (κ3) is 24.3. The molecule has 308 valence electrons. The number of carboxylic acid groups (broad SMARTS) is 4. The van der Waals surface area contributed by atoms with Gasteiger partial charge in [-0.2, -0.15) is 0 Å². The van der Waals surface area contributed by atoms with Gasteiger partial charge < -0.3 is 84.4 Å². The van der Waals surface area contributed by atoms with Crippen molar-refractivity contribution < 1.29 is 84.4 Å². The van der Waals surface area contributed by atoms with Crippen molar-refractivity contribution in [3.05, 3.63) is 142 Å². The summed E-state index contributed by atoms with van der Waals surface area (Å²) in [5.74, 6) is -4.84. The van der Waals surface area contributed by atoms with Crippen LogP contribution in [0.5, 0.6) is 0 Å². The van der Waals surface area contributed by atoms with Gasteiger partial charge >= 0.3 is 0 Å². The topological polar surface area (TPSA) is 397 Å². The molecule has 0 heterocycles. The molecular weight excluding hydrogens is 728 g/mol. The molecule has 0 amide bonds. The second kappa shape index (κ2) is 33.5. The molecule has 0 aromatic heterocycles. The van der Waals surface area contributed by atoms with E-state index in [4.69, 9.17) is 0 Å². The zero-order chi connectivity index (χ0) is 38.7. The Morgan fingerprint density at radius 1 is 0.339 bits per heavy atom. The first-order valence-corrected chi connectivity index (χ1v) is 16.7. The van der Waals surface area contributed by atoms with Crippen LogP contribution in [0.4, 0.5) is 0 Å². The van der Waals surface area contributed by atoms with Crippen LogP contribution in [0.2, 0.25) is 0 Å². The number of hydrogen-bond acceptors (Lipinski definition) is 8. The van der Waals surface area contributed by atoms with E-state index in [1.54, 1.807) is 72.8 Å². The molecule has 0 aliphatic rings. The lowest BCUT2D eigenvalue weighted by atomic mass is 10.1. The molecular formula is C40H56N4O12. The molecule has 16 nitrogen and oxygen atoms in total. The summed E-state index contributed by atoms with van der Waals surface area (Å²) in [6.07, 6.45) is 12.2. The van der Waals surface area contributed by atoms with Crippen LogP contribution in [0, 0.1) is 0 Å². The van der Waals surface area contributed by atoms with Crippen molar-refractivity contribution in [2.75, 3.05) is 26.2 Å². The van der Waals surface area contributed by atoms with Gasteiger partial charge in [-0.25, -0.2) is 0 Å². The van der Waals surface area contributed by atoms with Gasteiger partial charge in [0.2, 0.25) is 0 Å². The van der Waals surface area contributed by atoms with E-state index in [0.29, 0.717) is 0 Å². The van der Waals surface area contributed by atoms with Crippen molar-refractivity contribution >= 4 is 48.2 Å². The van der Waals surface area contributed by atoms with Gasteiger partial charge in [-0.3, -0.25) is 0 Å². The van der Waals surface area contributed by atoms with E-state index in [-0.39, 0.29) is 44.2 Å². The average molecular weight is 785 g/mol. The van der Waals surface area contributed by atoms with Gasteiger partial charge in [0.1, 0.15) is 0 Å². The van der Waals surface area contributed by atoms with Crippen LogP contribution >= 0.6 is 0 Å². The highest BCUT2D eigenvalue weighted by molar-refractivity contribution is 5.88. The average Bonchev–Trinajstić information content (AvgIpc) is 3.16. The normalized spacial score (nSPS) is 9.50. The molecule has 0 aliphatic heterocycles. The van der Waals surface area contributed by atoms with Crippen LogP contribution in [-0.2, 0) is 0 Å². The fourth-order valence-corrected chi connectivity index (χ4v) is 4.01. The number of benzene rings is 4. The van der Waals surface area contributed by atoms with Gasteiger partial charge in [0.15, 0.2) is 0 Å². The lowest BCUT2D eigenvalue weighted by Crippen LogP contribution is -2.53. The molecule has 0 saturated carbocycles. The molecule has 0 unspecified atom stereocenters. The van der Waals surface area contributed by atoms with Crippen molar-refractivity contribution in [2.24, 2.45) is 0 Å². The summed E-state index contributed by atoms with van der Waals surface area (Å²) in [6.45, 7) is 4.26. The molecule has 0 spiro atoms. The maximum absolute atomic E-state index is 10.6. The Bertz CT molecular complexity index is 1460. The number of unbranched alkanes of at least 4 members (excludes halogenated alkanes) is 2. The summed E-state index contributed by atoms with van der Waals surface area (Å²) in [7, 11) is 0. The number of carboxylic acids is 4. The molecule has 0 aliphatic carbocycles. The van der Waals surface area contributed by atoms with Crippen LogP contribution in [-0.4, -0.2) is 72.0 Å². The van der Waals surface area contributed by atoms with Crippen LogP contribution in [0.25, 0.3) is 24.3 Å². The first-order valence-electron chi connectivity index (χ1n) is 16.7. The highest BCUT2D eigenvalue weighted by atomic mass is 16.4. The molecule has 0 bridgehead atoms. The predicted octanol–water partition coefficient (Wildman–Crippen LogP) is -5.63. The summed E-state index contributed by atoms with van der Waals surface area (Å²) < 4.78 is 0. The number of aromatic carboxylic acids is 4. The SMILES string of the molecule is O.O.O.O.O=C([O-])c1ccc(/C=C/c2ccc(C(=O)[O-])cc2)cc1.O=C([O-])c1ccc(/C=C/c2ccc(C(=O)[O-])cc2)cc1.[NH3+]CCCC[NH3+].[NH3+]CCCC[NH3+]. The second-order valence-corrected chi connectivity index (χ2v) is 11.1. The van der Waals surface area contributed by atoms with E-state index < -0.39 is 23.9 Å². The molecule has 0 saturated heterocycles. The monoisotopic (exact) mass is 784 g/mol. The minimum Gasteiger partial charge on any atom is -0.545 e. The molecule has 0 radical (unpaired) electrons. The summed E-state index contributed by atoms with van der Waals surface area (Å²) in [5, 5.41) is 42.4. The lowest BCUT2D eigenvalue weighted by Gasteiger charge is -2.03. The summed E-state index contributed by atoms with van der Waals surface area (Å²) in [6, 6.07) is 25.0. The number of rotatable bonds is 14. The van der Waals surface area contributed by atoms with Gasteiger partial charge in [-0.05, 0) is 44.5 Å². The van der Waals surface area contributed by atoms with Crippen LogP contribution in [0.1, 0.15) is 89.4 Å². The van der Waals surface area contributed by atoms with Gasteiger partial charge in [0.05, 0.1) is 50.1 Å². The van der Waals surface area contributed by atoms with E-state index in [2.05, 4.69) is 22.9 Å². The van der Waals surface area contributed by atoms with E-state index in [9.17, 15) is 39.6 Å². The van der Waals surface area contributed by atoms with Crippen molar-refractivity contribution in [1.29, 1.82) is 0 Å². The van der Waals surface area contributed by atoms with Crippen molar-refractivity contribution in [1.82, 2.24) is 0 Å². The quantitative estimate of drug-likeness (QED) is 0.0703. The van der Waals surface area contributed by atoms with Gasteiger partial charge in [-0.15, -0.1) is 0 Å². The predicted molar refractivity (Wildman–Crippen MR) is 205 cm³/mol. The Hall–Kier alpha value is -6.08. The van der Waals surface area contributed by atoms with Crippen LogP contribution in [0.15, 0.2) is 97.1 Å². The number of hydrogen-bond donors (Lipinski definition) is 4. The third-order valence-electron chi connectivity index (χ3n) is 7.02. The molecule has 56 heavy (non-hydrogen) atoms. The number of carbonyl (C=O) groups is 4. The highest BCUT2D eigenvalue weighted by Crippen LogP contribution is 2.12. The minimum atomic E-state index is -1.21. The largest absolute Gasteiger partial charge is 0.545 e. The van der Waals surface area contributed by atoms with E-state index in [0.717, 1.165) is 48.4 Å². The van der Waals surface area contributed by atoms with Gasteiger partial charge in [0.25, 0.3) is 0 Å². The molecule has 20 N–H and O–H groups in total. The number of quaternary nitrogens is 4. The third-order valence-corrected chi connectivity index (χ3v) is 7.02. The Balaban J connectivity index is -0.000000355. The van der Waals surface area contributed by atoms with Crippen molar-refractivity contribution in [2.45, 2.75) is 25.7 Å². The molecule has 16 heteroatoms. The van der Waals surface area contributed by atoms with E-state index in [1.165, 1.54) is 74.2 Å². The van der Waals surface area contributed by atoms with Crippen LogP contribution < -0.4 is 43.4 Å². The first-order chi connectivity index (χ1) is 24.9. The standard InChI is InChI=1S/2C16H12O4.2C4H12N2.4H2O/c2*17-15(18)13-7-3-11(4-8-13)1-2-12-5-9-14(10-6-12)16(19)20;2*5-3-1-2-4-6;;;;/h2*1-10H,(H,17,18)(H,19,20);2*1-6H2;4*1H2/b2*2-1+;;;;;;. The number of carbonyl (C=O) groups excluding carboxylic acids is 4. The summed E-state index contributed by atoms with van der Waals surface area (Å²) >= 11 is 0. The highest BCUT2D eigenvalue weighted by Gasteiger charge is 1.96. The zero-order valence-electron chi connectivity index (χ0n) is 31.3. The molecule has 0 fully saturated rings. The fraction of sp³-hybridized carbons (Fsp3) is 0.200. The van der Waals surface area contributed by atoms with Crippen LogP contribution in [0.3, 0.4) is 0 Å². The molecule has 4 aromatic rings. The Kier molecular flexibility index (Phi) is 33.9. The van der Waals surface area contributed by atoms with Crippen molar-refractivity contribution in [3.8, 4) is 0 Å². The molecule has 0 atom stereocenters. The Morgan fingerprint density at radius 3 is 0.589 bits per heavy atom. The fourth-order valence-electron chi connectivity index (χ4n) is 4.01. The first kappa shape index (κ1) is 56.7.